The molecule has 0 aromatic heterocycles. The van der Waals surface area contributed by atoms with Gasteiger partial charge in [-0.25, -0.2) is 13.1 Å². The van der Waals surface area contributed by atoms with Crippen LogP contribution in [0, 0.1) is 17.0 Å². The SMILES string of the molecule is Cc1ccc([N+](=O)[O-])cc1S(=O)(=O)N[C@@H]1C[C@H](C)N(C2CC2)C1. The molecule has 1 aliphatic heterocycles. The van der Waals surface area contributed by atoms with Crippen molar-refractivity contribution < 1.29 is 13.3 Å². The summed E-state index contributed by atoms with van der Waals surface area (Å²) in [6.45, 7) is 4.47. The average molecular weight is 339 g/mol. The van der Waals surface area contributed by atoms with Crippen molar-refractivity contribution in [1.82, 2.24) is 9.62 Å². The Kier molecular flexibility index (Phi) is 4.16. The van der Waals surface area contributed by atoms with E-state index in [0.29, 0.717) is 24.2 Å². The summed E-state index contributed by atoms with van der Waals surface area (Å²) >= 11 is 0. The molecule has 0 radical (unpaired) electrons. The normalized spacial score (nSPS) is 25.7. The summed E-state index contributed by atoms with van der Waals surface area (Å²) in [7, 11) is -3.76. The number of benzene rings is 1. The molecule has 3 rings (SSSR count). The monoisotopic (exact) mass is 339 g/mol. The van der Waals surface area contributed by atoms with E-state index in [2.05, 4.69) is 16.5 Å². The third-order valence-electron chi connectivity index (χ3n) is 4.63. The second-order valence-electron chi connectivity index (χ2n) is 6.54. The van der Waals surface area contributed by atoms with Crippen molar-refractivity contribution in [1.29, 1.82) is 0 Å². The van der Waals surface area contributed by atoms with E-state index in [9.17, 15) is 18.5 Å². The summed E-state index contributed by atoms with van der Waals surface area (Å²) in [5, 5.41) is 10.9. The smallest absolute Gasteiger partial charge is 0.270 e. The van der Waals surface area contributed by atoms with Gasteiger partial charge < -0.3 is 0 Å². The van der Waals surface area contributed by atoms with Gasteiger partial charge in [0.05, 0.1) is 9.82 Å². The zero-order chi connectivity index (χ0) is 16.8. The van der Waals surface area contributed by atoms with Crippen LogP contribution >= 0.6 is 0 Å². The van der Waals surface area contributed by atoms with Crippen molar-refractivity contribution in [2.24, 2.45) is 0 Å². The largest absolute Gasteiger partial charge is 0.296 e. The molecule has 0 unspecified atom stereocenters. The van der Waals surface area contributed by atoms with Gasteiger partial charge in [-0.15, -0.1) is 0 Å². The molecule has 1 saturated heterocycles. The molecule has 0 amide bonds. The molecule has 1 aromatic rings. The van der Waals surface area contributed by atoms with E-state index in [1.807, 2.05) is 0 Å². The number of non-ortho nitro benzene ring substituents is 1. The van der Waals surface area contributed by atoms with Crippen LogP contribution in [0.2, 0.25) is 0 Å². The Morgan fingerprint density at radius 3 is 2.65 bits per heavy atom. The van der Waals surface area contributed by atoms with Gasteiger partial charge in [-0.2, -0.15) is 0 Å². The second kappa shape index (κ2) is 5.85. The van der Waals surface area contributed by atoms with Gasteiger partial charge in [0, 0.05) is 36.8 Å². The van der Waals surface area contributed by atoms with Crippen molar-refractivity contribution in [2.75, 3.05) is 6.54 Å². The minimum atomic E-state index is -3.76. The highest BCUT2D eigenvalue weighted by atomic mass is 32.2. The van der Waals surface area contributed by atoms with E-state index >= 15 is 0 Å². The van der Waals surface area contributed by atoms with Crippen molar-refractivity contribution in [2.45, 2.75) is 56.1 Å². The van der Waals surface area contributed by atoms with Gasteiger partial charge in [0.25, 0.3) is 5.69 Å². The first-order valence-corrected chi connectivity index (χ1v) is 9.29. The zero-order valence-corrected chi connectivity index (χ0v) is 14.0. The summed E-state index contributed by atoms with van der Waals surface area (Å²) in [4.78, 5) is 12.7. The number of hydrogen-bond acceptors (Lipinski definition) is 5. The van der Waals surface area contributed by atoms with Gasteiger partial charge in [-0.05, 0) is 38.7 Å². The maximum absolute atomic E-state index is 12.6. The maximum Gasteiger partial charge on any atom is 0.270 e. The van der Waals surface area contributed by atoms with Crippen LogP contribution < -0.4 is 4.72 Å². The molecule has 2 atom stereocenters. The minimum absolute atomic E-state index is 0.00998. The quantitative estimate of drug-likeness (QED) is 0.652. The Bertz CT molecular complexity index is 730. The van der Waals surface area contributed by atoms with Gasteiger partial charge in [0.15, 0.2) is 0 Å². The summed E-state index contributed by atoms with van der Waals surface area (Å²) in [6, 6.07) is 4.74. The summed E-state index contributed by atoms with van der Waals surface area (Å²) in [5.41, 5.74) is 0.295. The van der Waals surface area contributed by atoms with E-state index in [0.717, 1.165) is 12.5 Å². The fourth-order valence-electron chi connectivity index (χ4n) is 3.33. The molecule has 2 aliphatic rings. The first-order valence-electron chi connectivity index (χ1n) is 7.81. The maximum atomic E-state index is 12.6. The molecule has 7 nitrogen and oxygen atoms in total. The molecule has 0 bridgehead atoms. The van der Waals surface area contributed by atoms with Gasteiger partial charge in [-0.1, -0.05) is 6.07 Å². The van der Waals surface area contributed by atoms with Crippen molar-refractivity contribution in [3.8, 4) is 0 Å². The van der Waals surface area contributed by atoms with Crippen LogP contribution in [0.3, 0.4) is 0 Å². The van der Waals surface area contributed by atoms with Crippen LogP contribution in [0.4, 0.5) is 5.69 Å². The lowest BCUT2D eigenvalue weighted by atomic mass is 10.2. The molecule has 0 spiro atoms. The summed E-state index contributed by atoms with van der Waals surface area (Å²) < 4.78 is 28.0. The molecular weight excluding hydrogens is 318 g/mol. The van der Waals surface area contributed by atoms with E-state index in [-0.39, 0.29) is 16.6 Å². The van der Waals surface area contributed by atoms with Crippen LogP contribution in [0.25, 0.3) is 0 Å². The van der Waals surface area contributed by atoms with E-state index in [1.54, 1.807) is 6.92 Å². The van der Waals surface area contributed by atoms with Crippen LogP contribution in [0.1, 0.15) is 31.7 Å². The predicted octanol–water partition coefficient (Wildman–Crippen LogP) is 1.81. The topological polar surface area (TPSA) is 92.5 Å². The fraction of sp³-hybridized carbons (Fsp3) is 0.600. The number of nitro groups is 1. The molecule has 23 heavy (non-hydrogen) atoms. The van der Waals surface area contributed by atoms with Crippen LogP contribution in [-0.2, 0) is 10.0 Å². The Morgan fingerprint density at radius 1 is 1.35 bits per heavy atom. The molecule has 2 fully saturated rings. The number of aryl methyl sites for hydroxylation is 1. The first-order chi connectivity index (χ1) is 10.8. The Labute approximate surface area is 135 Å². The van der Waals surface area contributed by atoms with Crippen LogP contribution in [-0.4, -0.2) is 42.9 Å². The van der Waals surface area contributed by atoms with Gasteiger partial charge >= 0.3 is 0 Å². The number of nitro benzene ring substituents is 1. The highest BCUT2D eigenvalue weighted by Crippen LogP contribution is 2.33. The van der Waals surface area contributed by atoms with Gasteiger partial charge in [0.2, 0.25) is 10.0 Å². The number of likely N-dealkylation sites (tertiary alicyclic amines) is 1. The lowest BCUT2D eigenvalue weighted by Crippen LogP contribution is -2.37. The molecule has 8 heteroatoms. The lowest BCUT2D eigenvalue weighted by Gasteiger charge is -2.19. The highest BCUT2D eigenvalue weighted by molar-refractivity contribution is 7.89. The summed E-state index contributed by atoms with van der Waals surface area (Å²) in [5.74, 6) is 0. The molecule has 1 N–H and O–H groups in total. The number of nitrogens with one attached hydrogen (secondary N) is 1. The van der Waals surface area contributed by atoms with E-state index in [4.69, 9.17) is 0 Å². The van der Waals surface area contributed by atoms with Crippen molar-refractivity contribution in [3.63, 3.8) is 0 Å². The number of hydrogen-bond donors (Lipinski definition) is 1. The predicted molar refractivity (Wildman–Crippen MR) is 85.7 cm³/mol. The van der Waals surface area contributed by atoms with Crippen molar-refractivity contribution in [3.05, 3.63) is 33.9 Å². The molecular formula is C15H21N3O4S. The number of rotatable bonds is 5. The summed E-state index contributed by atoms with van der Waals surface area (Å²) in [6.07, 6.45) is 3.14. The van der Waals surface area contributed by atoms with Crippen LogP contribution in [0.15, 0.2) is 23.1 Å². The highest BCUT2D eigenvalue weighted by Gasteiger charge is 2.40. The Balaban J connectivity index is 1.79. The molecule has 1 aliphatic carbocycles. The minimum Gasteiger partial charge on any atom is -0.296 e. The Morgan fingerprint density at radius 2 is 2.04 bits per heavy atom. The zero-order valence-electron chi connectivity index (χ0n) is 13.2. The fourth-order valence-corrected chi connectivity index (χ4v) is 4.84. The number of nitrogens with zero attached hydrogens (tertiary/aromatic N) is 2. The Hall–Kier alpha value is -1.51. The molecule has 1 heterocycles. The van der Waals surface area contributed by atoms with E-state index < -0.39 is 14.9 Å². The third-order valence-corrected chi connectivity index (χ3v) is 6.30. The first kappa shape index (κ1) is 16.4. The van der Waals surface area contributed by atoms with Crippen LogP contribution in [0.5, 0.6) is 0 Å². The second-order valence-corrected chi connectivity index (χ2v) is 8.22. The number of sulfonamides is 1. The lowest BCUT2D eigenvalue weighted by molar-refractivity contribution is -0.385. The molecule has 126 valence electrons. The average Bonchev–Trinajstić information content (AvgIpc) is 3.23. The van der Waals surface area contributed by atoms with Gasteiger partial charge in [-0.3, -0.25) is 15.0 Å². The van der Waals surface area contributed by atoms with Crippen molar-refractivity contribution >= 4 is 15.7 Å². The van der Waals surface area contributed by atoms with E-state index in [1.165, 1.54) is 25.0 Å². The molecule has 1 saturated carbocycles. The third kappa shape index (κ3) is 3.39. The standard InChI is InChI=1S/C15H21N3O4S/c1-10-3-4-14(18(19)20)8-15(10)23(21,22)16-12-7-11(2)17(9-12)13-5-6-13/h3-4,8,11-13,16H,5-7,9H2,1-2H3/t11-,12+/m0/s1. The molecule has 1 aromatic carbocycles. The van der Waals surface area contributed by atoms with Gasteiger partial charge in [0.1, 0.15) is 0 Å².